The highest BCUT2D eigenvalue weighted by Crippen LogP contribution is 2.32. The van der Waals surface area contributed by atoms with E-state index in [0.717, 1.165) is 0 Å². The summed E-state index contributed by atoms with van der Waals surface area (Å²) in [7, 11) is 0. The van der Waals surface area contributed by atoms with E-state index in [1.54, 1.807) is 18.2 Å². The quantitative estimate of drug-likeness (QED) is 0.569. The Morgan fingerprint density at radius 2 is 2.00 bits per heavy atom. The van der Waals surface area contributed by atoms with Gasteiger partial charge in [-0.05, 0) is 12.1 Å². The average Bonchev–Trinajstić information content (AvgIpc) is 2.29. The van der Waals surface area contributed by atoms with Crippen LogP contribution in [0.5, 0.6) is 11.5 Å². The third-order valence-corrected chi connectivity index (χ3v) is 1.92. The first-order chi connectivity index (χ1) is 7.29. The maximum atomic E-state index is 10.8. The lowest BCUT2D eigenvalue weighted by Gasteiger charge is -2.18. The summed E-state index contributed by atoms with van der Waals surface area (Å²) >= 11 is 0. The minimum absolute atomic E-state index is 0.219. The van der Waals surface area contributed by atoms with E-state index in [1.807, 2.05) is 0 Å². The van der Waals surface area contributed by atoms with Gasteiger partial charge >= 0.3 is 0 Å². The predicted octanol–water partition coefficient (Wildman–Crippen LogP) is 0.595. The molecule has 1 heterocycles. The van der Waals surface area contributed by atoms with Crippen molar-refractivity contribution in [2.45, 2.75) is 0 Å². The largest absolute Gasteiger partial charge is 0.486 e. The summed E-state index contributed by atoms with van der Waals surface area (Å²) in [4.78, 5) is 20.9. The summed E-state index contributed by atoms with van der Waals surface area (Å²) in [6.07, 6.45) is 0.219. The van der Waals surface area contributed by atoms with Gasteiger partial charge < -0.3 is 14.8 Å². The standard InChI is InChI=1S/C10H9NO4/c12-6-10(13)11-7-1-2-8-9(5-7)15-4-3-14-8/h1-2,5-6H,3-4H2,(H,11,13). The minimum Gasteiger partial charge on any atom is -0.486 e. The number of carbonyl (C=O) groups is 2. The molecule has 0 spiro atoms. The van der Waals surface area contributed by atoms with Crippen LogP contribution in [0, 0.1) is 0 Å². The summed E-state index contributed by atoms with van der Waals surface area (Å²) in [6.45, 7) is 1.01. The van der Waals surface area contributed by atoms with E-state index < -0.39 is 5.91 Å². The highest BCUT2D eigenvalue weighted by Gasteiger charge is 2.12. The summed E-state index contributed by atoms with van der Waals surface area (Å²) in [5, 5.41) is 2.40. The maximum absolute atomic E-state index is 10.8. The lowest BCUT2D eigenvalue weighted by molar-refractivity contribution is -0.127. The Bertz CT molecular complexity index is 402. The van der Waals surface area contributed by atoms with Gasteiger partial charge in [-0.3, -0.25) is 9.59 Å². The molecule has 0 saturated carbocycles. The van der Waals surface area contributed by atoms with Crippen LogP contribution in [0.15, 0.2) is 18.2 Å². The smallest absolute Gasteiger partial charge is 0.288 e. The molecule has 2 rings (SSSR count). The molecule has 1 aliphatic heterocycles. The zero-order valence-electron chi connectivity index (χ0n) is 7.86. The monoisotopic (exact) mass is 207 g/mol. The van der Waals surface area contributed by atoms with Gasteiger partial charge in [-0.25, -0.2) is 0 Å². The van der Waals surface area contributed by atoms with E-state index in [0.29, 0.717) is 30.4 Å². The number of aldehydes is 1. The first-order valence-corrected chi connectivity index (χ1v) is 4.45. The summed E-state index contributed by atoms with van der Waals surface area (Å²) < 4.78 is 10.6. The number of nitrogens with one attached hydrogen (secondary N) is 1. The Morgan fingerprint density at radius 1 is 1.27 bits per heavy atom. The lowest BCUT2D eigenvalue weighted by atomic mass is 10.2. The van der Waals surface area contributed by atoms with Crippen molar-refractivity contribution in [3.63, 3.8) is 0 Å². The van der Waals surface area contributed by atoms with Gasteiger partial charge in [0.2, 0.25) is 6.29 Å². The van der Waals surface area contributed by atoms with Crippen molar-refractivity contribution < 1.29 is 19.1 Å². The fourth-order valence-electron chi connectivity index (χ4n) is 1.29. The molecular formula is C10H9NO4. The van der Waals surface area contributed by atoms with Crippen molar-refractivity contribution in [1.29, 1.82) is 0 Å². The van der Waals surface area contributed by atoms with Crippen LogP contribution in [0.25, 0.3) is 0 Å². The number of hydrogen-bond donors (Lipinski definition) is 1. The SMILES string of the molecule is O=CC(=O)Nc1ccc2c(c1)OCCO2. The normalized spacial score (nSPS) is 13.1. The van der Waals surface area contributed by atoms with Gasteiger partial charge in [0.1, 0.15) is 13.2 Å². The highest BCUT2D eigenvalue weighted by molar-refractivity contribution is 6.29. The van der Waals surface area contributed by atoms with Crippen molar-refractivity contribution in [3.05, 3.63) is 18.2 Å². The van der Waals surface area contributed by atoms with Crippen LogP contribution >= 0.6 is 0 Å². The number of carbonyl (C=O) groups excluding carboxylic acids is 2. The van der Waals surface area contributed by atoms with Gasteiger partial charge in [0.05, 0.1) is 0 Å². The molecule has 0 aromatic heterocycles. The summed E-state index contributed by atoms with van der Waals surface area (Å²) in [5.74, 6) is 0.530. The summed E-state index contributed by atoms with van der Waals surface area (Å²) in [6, 6.07) is 4.96. The number of amides is 1. The predicted molar refractivity (Wildman–Crippen MR) is 52.1 cm³/mol. The molecule has 0 atom stereocenters. The molecule has 0 saturated heterocycles. The van der Waals surface area contributed by atoms with Crippen molar-refractivity contribution in [2.24, 2.45) is 0 Å². The first kappa shape index (κ1) is 9.51. The number of fused-ring (bicyclic) bond motifs is 1. The molecule has 78 valence electrons. The minimum atomic E-state index is -0.688. The van der Waals surface area contributed by atoms with Crippen LogP contribution in [0.3, 0.4) is 0 Å². The van der Waals surface area contributed by atoms with E-state index in [9.17, 15) is 9.59 Å². The first-order valence-electron chi connectivity index (χ1n) is 4.45. The maximum Gasteiger partial charge on any atom is 0.288 e. The Balaban J connectivity index is 2.20. The van der Waals surface area contributed by atoms with E-state index in [2.05, 4.69) is 5.32 Å². The number of benzene rings is 1. The van der Waals surface area contributed by atoms with E-state index in [1.165, 1.54) is 0 Å². The van der Waals surface area contributed by atoms with Crippen molar-refractivity contribution >= 4 is 17.9 Å². The molecule has 1 aromatic rings. The number of hydrogen-bond acceptors (Lipinski definition) is 4. The number of ether oxygens (including phenoxy) is 2. The van der Waals surface area contributed by atoms with Gasteiger partial charge in [-0.2, -0.15) is 0 Å². The fourth-order valence-corrected chi connectivity index (χ4v) is 1.29. The van der Waals surface area contributed by atoms with Gasteiger partial charge in [-0.15, -0.1) is 0 Å². The van der Waals surface area contributed by atoms with Crippen LogP contribution < -0.4 is 14.8 Å². The molecule has 0 unspecified atom stereocenters. The van der Waals surface area contributed by atoms with Crippen molar-refractivity contribution in [3.8, 4) is 11.5 Å². The summed E-state index contributed by atoms with van der Waals surface area (Å²) in [5.41, 5.74) is 0.511. The van der Waals surface area contributed by atoms with Gasteiger partial charge in [0, 0.05) is 11.8 Å². The Morgan fingerprint density at radius 3 is 2.73 bits per heavy atom. The van der Waals surface area contributed by atoms with Gasteiger partial charge in [-0.1, -0.05) is 0 Å². The second-order valence-corrected chi connectivity index (χ2v) is 2.97. The van der Waals surface area contributed by atoms with Crippen LogP contribution in [0.1, 0.15) is 0 Å². The van der Waals surface area contributed by atoms with E-state index in [4.69, 9.17) is 9.47 Å². The van der Waals surface area contributed by atoms with Crippen molar-refractivity contribution in [2.75, 3.05) is 18.5 Å². The van der Waals surface area contributed by atoms with Crippen LogP contribution in [-0.4, -0.2) is 25.4 Å². The Hall–Kier alpha value is -2.04. The number of rotatable bonds is 2. The number of anilines is 1. The second kappa shape index (κ2) is 4.00. The molecule has 0 radical (unpaired) electrons. The molecule has 5 nitrogen and oxygen atoms in total. The highest BCUT2D eigenvalue weighted by atomic mass is 16.6. The molecule has 0 bridgehead atoms. The third-order valence-electron chi connectivity index (χ3n) is 1.92. The van der Waals surface area contributed by atoms with Crippen molar-refractivity contribution in [1.82, 2.24) is 0 Å². The zero-order chi connectivity index (χ0) is 10.7. The molecule has 1 N–H and O–H groups in total. The zero-order valence-corrected chi connectivity index (χ0v) is 7.86. The Kier molecular flexibility index (Phi) is 2.53. The fraction of sp³-hybridized carbons (Fsp3) is 0.200. The Labute approximate surface area is 86.0 Å². The molecule has 5 heteroatoms. The van der Waals surface area contributed by atoms with Crippen LogP contribution in [-0.2, 0) is 9.59 Å². The molecule has 0 aliphatic carbocycles. The molecule has 1 amide bonds. The molecule has 15 heavy (non-hydrogen) atoms. The lowest BCUT2D eigenvalue weighted by Crippen LogP contribution is -2.16. The molecular weight excluding hydrogens is 198 g/mol. The van der Waals surface area contributed by atoms with Crippen LogP contribution in [0.4, 0.5) is 5.69 Å². The average molecular weight is 207 g/mol. The van der Waals surface area contributed by atoms with Gasteiger partial charge in [0.25, 0.3) is 5.91 Å². The third kappa shape index (κ3) is 2.07. The van der Waals surface area contributed by atoms with E-state index in [-0.39, 0.29) is 6.29 Å². The van der Waals surface area contributed by atoms with E-state index >= 15 is 0 Å². The molecule has 0 fully saturated rings. The molecule has 1 aliphatic rings. The molecule has 1 aromatic carbocycles. The van der Waals surface area contributed by atoms with Crippen LogP contribution in [0.2, 0.25) is 0 Å². The van der Waals surface area contributed by atoms with Gasteiger partial charge in [0.15, 0.2) is 11.5 Å². The second-order valence-electron chi connectivity index (χ2n) is 2.97. The topological polar surface area (TPSA) is 64.6 Å².